The number of ketones is 1. The number of nitro groups is 5. The lowest BCUT2D eigenvalue weighted by molar-refractivity contribution is -0.389. The number of benzene rings is 6. The van der Waals surface area contributed by atoms with Crippen LogP contribution < -0.4 is 28.3 Å². The summed E-state index contributed by atoms with van der Waals surface area (Å²) in [6, 6.07) is 60.9. The van der Waals surface area contributed by atoms with Crippen LogP contribution in [0.5, 0.6) is 0 Å². The number of halogens is 9. The Morgan fingerprint density at radius 3 is 1.46 bits per heavy atom. The van der Waals surface area contributed by atoms with Gasteiger partial charge in [0.1, 0.15) is 17.7 Å². The zero-order valence-electron chi connectivity index (χ0n) is 70.6. The van der Waals surface area contributed by atoms with Crippen LogP contribution in [-0.4, -0.2) is 95.5 Å². The number of Topliss-reactive ketones (excluding diaryl/α,β-unsaturated/α-hetero) is 1. The number of nitrogens with one attached hydrogen (secondary N) is 2. The molecule has 0 fully saturated rings. The fraction of sp³-hybridized carbons (Fsp3) is 0.0978. The van der Waals surface area contributed by atoms with E-state index in [1.807, 2.05) is 156 Å². The molecule has 0 saturated carbocycles. The largest absolute Gasteiger partial charge is 0.398 e. The van der Waals surface area contributed by atoms with Crippen LogP contribution in [0.4, 0.5) is 65.0 Å². The van der Waals surface area contributed by atoms with Crippen molar-refractivity contribution in [3.8, 4) is 56.9 Å². The summed E-state index contributed by atoms with van der Waals surface area (Å²) in [6.45, 7) is 2.04. The van der Waals surface area contributed by atoms with Gasteiger partial charge in [-0.2, -0.15) is 0 Å². The molecule has 11 aromatic heterocycles. The first-order valence-corrected chi connectivity index (χ1v) is 42.0. The molecule has 0 aliphatic rings. The van der Waals surface area contributed by atoms with Crippen molar-refractivity contribution in [1.82, 2.24) is 58.9 Å². The summed E-state index contributed by atoms with van der Waals surface area (Å²) < 4.78 is 47.7. The first-order chi connectivity index (χ1) is 63.6. The second kappa shape index (κ2) is 44.3. The molecular formula is C92H72Cl5F3IN21O12. The molecule has 42 heteroatoms. The Bertz CT molecular complexity index is 7440. The number of nitrogens with two attached hydrogens (primary N) is 4. The molecular weight excluding hydrogens is 1950 g/mol. The second-order valence-corrected chi connectivity index (χ2v) is 32.6. The topological polar surface area (TPSA) is 487 Å². The highest BCUT2D eigenvalue weighted by molar-refractivity contribution is 14.1. The van der Waals surface area contributed by atoms with Crippen molar-refractivity contribution in [2.45, 2.75) is 38.9 Å². The van der Waals surface area contributed by atoms with Gasteiger partial charge in [-0.1, -0.05) is 124 Å². The maximum atomic E-state index is 13.8. The first kappa shape index (κ1) is 99.0. The van der Waals surface area contributed by atoms with Gasteiger partial charge in [0.2, 0.25) is 0 Å². The Morgan fingerprint density at radius 1 is 0.485 bits per heavy atom. The van der Waals surface area contributed by atoms with E-state index in [-0.39, 0.29) is 47.5 Å². The maximum Gasteiger partial charge on any atom is 0.365 e. The van der Waals surface area contributed by atoms with E-state index in [9.17, 15) is 73.3 Å². The summed E-state index contributed by atoms with van der Waals surface area (Å²) in [5, 5.41) is 61.3. The molecule has 0 bridgehead atoms. The number of hydrogen-bond acceptors (Lipinski definition) is 23. The average Bonchev–Trinajstić information content (AvgIpc) is 1.65. The highest BCUT2D eigenvalue weighted by atomic mass is 127. The van der Waals surface area contributed by atoms with E-state index in [2.05, 4.69) is 67.7 Å². The maximum absolute atomic E-state index is 13.8. The molecule has 0 atom stereocenters. The molecule has 11 heterocycles. The summed E-state index contributed by atoms with van der Waals surface area (Å²) in [5.41, 5.74) is 33.2. The Kier molecular flexibility index (Phi) is 32.8. The summed E-state index contributed by atoms with van der Waals surface area (Å²) in [4.78, 5) is 105. The molecule has 0 aliphatic heterocycles. The van der Waals surface area contributed by atoms with Crippen molar-refractivity contribution in [2.75, 3.05) is 22.9 Å². The third-order valence-electron chi connectivity index (χ3n) is 19.5. The number of H-pyrrole nitrogens is 1. The van der Waals surface area contributed by atoms with Crippen LogP contribution in [0.15, 0.2) is 256 Å². The van der Waals surface area contributed by atoms with Crippen molar-refractivity contribution < 1.29 is 47.4 Å². The zero-order valence-corrected chi connectivity index (χ0v) is 76.5. The van der Waals surface area contributed by atoms with Gasteiger partial charge in [0.15, 0.2) is 30.0 Å². The van der Waals surface area contributed by atoms with Gasteiger partial charge in [0.05, 0.1) is 69.2 Å². The number of fused-ring (bicyclic) bond motifs is 4. The predicted octanol–water partition coefficient (Wildman–Crippen LogP) is 22.1. The predicted molar refractivity (Wildman–Crippen MR) is 520 cm³/mol. The molecule has 680 valence electrons. The molecule has 0 radical (unpaired) electrons. The molecule has 0 spiro atoms. The van der Waals surface area contributed by atoms with E-state index >= 15 is 0 Å². The molecule has 1 amide bonds. The van der Waals surface area contributed by atoms with E-state index in [1.165, 1.54) is 79.4 Å². The van der Waals surface area contributed by atoms with Gasteiger partial charge >= 0.3 is 23.3 Å². The zero-order chi connectivity index (χ0) is 97.1. The van der Waals surface area contributed by atoms with E-state index < -0.39 is 54.1 Å². The summed E-state index contributed by atoms with van der Waals surface area (Å²) in [6.07, 6.45) is 6.84. The number of rotatable bonds is 16. The van der Waals surface area contributed by atoms with Gasteiger partial charge in [0.25, 0.3) is 18.0 Å². The molecule has 6 aromatic carbocycles. The Balaban J connectivity index is 0.000000157. The van der Waals surface area contributed by atoms with Gasteiger partial charge < -0.3 is 87.4 Å². The van der Waals surface area contributed by atoms with Crippen LogP contribution in [0.2, 0.25) is 25.1 Å². The standard InChI is InChI=1S/C27H24ClF3N4O2.C14H10ClN3O2.C14H12ClN3.2C13H8ClN3O2.C6H5IN2O2.C5H5N3O2/c1-27(2,31)26(37)34-13-15-7-20(24(25(29)30)33-12-15)23(36)11-19-9-17-10-21(35(3)22(17)14-32-19)16-5-4-6-18(28)8-16;1-17-12(9-3-2-4-11(15)5-9)6-10-7-14(18(19)20)16-8-13(10)17;1-18-12(9-3-2-4-11(15)5-9)6-10-7-14(16)17-8-13(10)18;14-10-3-1-2-8(4-10)11-5-9-6-13(17(18)19)15-7-12(9)16-11;14-11-3-1-2-9(6-11)4-5-10-7-13(17(18)19)16-8-12(10)15;7-5-3-4(9(10)11)1-2-6(5)8;6-4-1-2-7-5(3-4)8(9)10/h4-10,12,14,25H,11,13H2,1-3H3,(H,34,37);2-8H,1H3;2-8H,1H3,(H2,16,17);1-7,16H;1-3,6-8H,15H2;1-3H,8H2;1-3H,(H2,6,7). The third-order valence-corrected chi connectivity index (χ3v) is 21.6. The van der Waals surface area contributed by atoms with E-state index in [0.29, 0.717) is 68.9 Å². The summed E-state index contributed by atoms with van der Waals surface area (Å²) in [5.74, 6) is 3.86. The van der Waals surface area contributed by atoms with Crippen molar-refractivity contribution in [3.05, 3.63) is 369 Å². The highest BCUT2D eigenvalue weighted by Crippen LogP contribution is 2.36. The van der Waals surface area contributed by atoms with Crippen molar-refractivity contribution in [3.63, 3.8) is 0 Å². The average molecular weight is 2020 g/mol. The number of alkyl halides is 3. The van der Waals surface area contributed by atoms with Crippen LogP contribution >= 0.6 is 80.6 Å². The lowest BCUT2D eigenvalue weighted by atomic mass is 10.0. The number of nitrogen functional groups attached to an aromatic ring is 4. The van der Waals surface area contributed by atoms with Crippen molar-refractivity contribution >= 4 is 188 Å². The molecule has 0 saturated heterocycles. The number of aromatic amines is 1. The highest BCUT2D eigenvalue weighted by Gasteiger charge is 2.28. The summed E-state index contributed by atoms with van der Waals surface area (Å²) in [7, 11) is 5.79. The second-order valence-electron chi connectivity index (χ2n) is 29.3. The molecule has 134 heavy (non-hydrogen) atoms. The Hall–Kier alpha value is -15.6. The van der Waals surface area contributed by atoms with Gasteiger partial charge in [-0.15, -0.1) is 0 Å². The monoisotopic (exact) mass is 2020 g/mol. The van der Waals surface area contributed by atoms with Crippen LogP contribution in [0, 0.1) is 66.0 Å². The van der Waals surface area contributed by atoms with Crippen LogP contribution in [-0.2, 0) is 38.9 Å². The molecule has 10 N–H and O–H groups in total. The molecule has 0 aliphatic carbocycles. The number of pyridine rings is 7. The summed E-state index contributed by atoms with van der Waals surface area (Å²) >= 11 is 31.9. The van der Waals surface area contributed by atoms with E-state index in [4.69, 9.17) is 80.9 Å². The molecule has 0 unspecified atom stereocenters. The number of nitrogens with zero attached hydrogens (tertiary/aromatic N) is 15. The van der Waals surface area contributed by atoms with E-state index in [1.54, 1.807) is 60.9 Å². The molecule has 17 aromatic rings. The first-order valence-electron chi connectivity index (χ1n) is 39.1. The van der Waals surface area contributed by atoms with Crippen LogP contribution in [0.1, 0.15) is 58.7 Å². The number of aryl methyl sites for hydroxylation is 3. The minimum absolute atomic E-state index is 0.0728. The van der Waals surface area contributed by atoms with Gasteiger partial charge in [-0.3, -0.25) is 29.7 Å². The fourth-order valence-electron chi connectivity index (χ4n) is 12.9. The van der Waals surface area contributed by atoms with Crippen molar-refractivity contribution in [1.29, 1.82) is 0 Å². The van der Waals surface area contributed by atoms with Crippen LogP contribution in [0.25, 0.3) is 88.6 Å². The number of anilines is 4. The van der Waals surface area contributed by atoms with Crippen molar-refractivity contribution in [2.24, 2.45) is 21.1 Å². The smallest absolute Gasteiger partial charge is 0.365 e. The van der Waals surface area contributed by atoms with Crippen LogP contribution in [0.3, 0.4) is 0 Å². The number of carbonyl (C=O) groups is 2. The number of aromatic nitrogens is 11. The van der Waals surface area contributed by atoms with E-state index in [0.717, 1.165) is 114 Å². The number of amides is 1. The Labute approximate surface area is 796 Å². The normalized spacial score (nSPS) is 10.7. The molecule has 17 rings (SSSR count). The number of nitro benzene ring substituents is 1. The minimum atomic E-state index is -2.97. The lowest BCUT2D eigenvalue weighted by Gasteiger charge is -2.15. The van der Waals surface area contributed by atoms with Gasteiger partial charge in [-0.25, -0.2) is 18.2 Å². The quantitative estimate of drug-likeness (QED) is 0.0131. The lowest BCUT2D eigenvalue weighted by Crippen LogP contribution is -2.38. The number of non-ortho nitro benzene ring substituents is 1. The Morgan fingerprint density at radius 2 is 0.955 bits per heavy atom. The third kappa shape index (κ3) is 26.2. The fourth-order valence-corrected chi connectivity index (χ4v) is 14.3. The minimum Gasteiger partial charge on any atom is -0.398 e. The van der Waals surface area contributed by atoms with Gasteiger partial charge in [-0.05, 0) is 219 Å². The number of carbonyl (C=O) groups excluding carboxylic acids is 2. The van der Waals surface area contributed by atoms with Gasteiger partial charge in [0, 0.05) is 165 Å². The number of hydrogen-bond donors (Lipinski definition) is 6. The molecule has 33 nitrogen and oxygen atoms in total. The SMILES string of the molecule is Cn1c(-c2cccc(Cl)c2)cc2cc(CC(=O)c3cc(CNC(=O)C(C)(C)F)cnc3C(F)F)ncc21.Cn1c(-c2cccc(Cl)c2)cc2cc(N)ncc21.Cn1c(-c2cccc(Cl)c2)cc2cc([N+](=O)[O-])ncc21.Nc1ccc([N+](=O)[O-])cc1I.Nc1ccnc([N+](=O)[O-])c1.Nc1cnc([N+](=O)[O-])cc1C#Cc1cccc(Cl)c1.O=[N+]([O-])c1cc2cc(-c3cccc(Cl)c3)[nH]c2cn1.